The fourth-order valence-corrected chi connectivity index (χ4v) is 4.15. The maximum absolute atomic E-state index is 5.94. The second kappa shape index (κ2) is 6.17. The number of fused-ring (bicyclic) bond motifs is 1. The van der Waals surface area contributed by atoms with Crippen LogP contribution in [0, 0.1) is 0 Å². The Morgan fingerprint density at radius 2 is 2.10 bits per heavy atom. The van der Waals surface area contributed by atoms with Gasteiger partial charge in [-0.1, -0.05) is 18.5 Å². The minimum absolute atomic E-state index is 0.314. The van der Waals surface area contributed by atoms with E-state index in [-0.39, 0.29) is 0 Å². The molecular formula is C14H15ClN4S2. The van der Waals surface area contributed by atoms with Crippen LogP contribution in [0.3, 0.4) is 0 Å². The number of halogens is 1. The number of nitrogen functional groups attached to an aromatic ring is 1. The molecule has 0 aliphatic heterocycles. The van der Waals surface area contributed by atoms with Crippen molar-refractivity contribution in [2.24, 2.45) is 0 Å². The van der Waals surface area contributed by atoms with Gasteiger partial charge in [-0.05, 0) is 31.0 Å². The molecule has 0 amide bonds. The fourth-order valence-electron chi connectivity index (χ4n) is 2.09. The lowest BCUT2D eigenvalue weighted by Gasteiger charge is -2.06. The Balaban J connectivity index is 1.77. The average molecular weight is 339 g/mol. The van der Waals surface area contributed by atoms with Crippen molar-refractivity contribution in [3.63, 3.8) is 0 Å². The van der Waals surface area contributed by atoms with Crippen molar-refractivity contribution in [3.8, 4) is 0 Å². The van der Waals surface area contributed by atoms with E-state index in [4.69, 9.17) is 17.3 Å². The van der Waals surface area contributed by atoms with E-state index in [2.05, 4.69) is 34.3 Å². The van der Waals surface area contributed by atoms with Crippen molar-refractivity contribution in [1.29, 1.82) is 0 Å². The Morgan fingerprint density at radius 3 is 2.81 bits per heavy atom. The maximum atomic E-state index is 5.94. The van der Waals surface area contributed by atoms with E-state index in [1.54, 1.807) is 22.7 Å². The van der Waals surface area contributed by atoms with Crippen LogP contribution in [0.1, 0.15) is 16.7 Å². The number of nitrogens with one attached hydrogen (secondary N) is 1. The summed E-state index contributed by atoms with van der Waals surface area (Å²) in [4.78, 5) is 12.1. The standard InChI is InChI=1S/C14H15ClN4S2/c1-2-8-7-10-12(18-14(16)19-13(10)21-8)17-6-5-9-3-4-11(15)20-9/h3-4,7H,2,5-6H2,1H3,(H3,16,17,18,19). The Kier molecular flexibility index (Phi) is 4.28. The van der Waals surface area contributed by atoms with E-state index < -0.39 is 0 Å². The van der Waals surface area contributed by atoms with Crippen molar-refractivity contribution in [2.45, 2.75) is 19.8 Å². The van der Waals surface area contributed by atoms with Gasteiger partial charge in [0.15, 0.2) is 0 Å². The monoisotopic (exact) mass is 338 g/mol. The van der Waals surface area contributed by atoms with Gasteiger partial charge in [-0.25, -0.2) is 4.98 Å². The van der Waals surface area contributed by atoms with Gasteiger partial charge in [-0.3, -0.25) is 0 Å². The molecule has 0 atom stereocenters. The summed E-state index contributed by atoms with van der Waals surface area (Å²) in [5.74, 6) is 1.13. The number of anilines is 2. The molecule has 0 aromatic carbocycles. The summed E-state index contributed by atoms with van der Waals surface area (Å²) in [6.07, 6.45) is 1.90. The molecule has 21 heavy (non-hydrogen) atoms. The highest BCUT2D eigenvalue weighted by Gasteiger charge is 2.10. The Hall–Kier alpha value is -1.37. The van der Waals surface area contributed by atoms with E-state index in [9.17, 15) is 0 Å². The summed E-state index contributed by atoms with van der Waals surface area (Å²) in [7, 11) is 0. The summed E-state index contributed by atoms with van der Waals surface area (Å²) in [5.41, 5.74) is 5.79. The van der Waals surface area contributed by atoms with Gasteiger partial charge >= 0.3 is 0 Å². The number of aryl methyl sites for hydroxylation is 1. The van der Waals surface area contributed by atoms with Gasteiger partial charge in [0, 0.05) is 16.3 Å². The van der Waals surface area contributed by atoms with E-state index in [1.165, 1.54) is 9.75 Å². The van der Waals surface area contributed by atoms with Gasteiger partial charge in [0.1, 0.15) is 10.6 Å². The topological polar surface area (TPSA) is 63.8 Å². The number of nitrogens with two attached hydrogens (primary N) is 1. The van der Waals surface area contributed by atoms with Crippen molar-refractivity contribution < 1.29 is 0 Å². The molecule has 3 rings (SSSR count). The molecule has 0 aliphatic carbocycles. The zero-order chi connectivity index (χ0) is 14.8. The quantitative estimate of drug-likeness (QED) is 0.731. The van der Waals surface area contributed by atoms with Gasteiger partial charge < -0.3 is 11.1 Å². The van der Waals surface area contributed by atoms with Crippen LogP contribution in [0.5, 0.6) is 0 Å². The Morgan fingerprint density at radius 1 is 1.24 bits per heavy atom. The van der Waals surface area contributed by atoms with Crippen LogP contribution >= 0.6 is 34.3 Å². The lowest BCUT2D eigenvalue weighted by molar-refractivity contribution is 1.03. The molecule has 0 aliphatic rings. The van der Waals surface area contributed by atoms with Crippen LogP contribution < -0.4 is 11.1 Å². The van der Waals surface area contributed by atoms with Crippen molar-refractivity contribution in [3.05, 3.63) is 32.3 Å². The van der Waals surface area contributed by atoms with Crippen LogP contribution in [0.2, 0.25) is 4.34 Å². The molecule has 0 saturated carbocycles. The van der Waals surface area contributed by atoms with Crippen LogP contribution in [0.4, 0.5) is 11.8 Å². The zero-order valence-corrected chi connectivity index (χ0v) is 13.9. The summed E-state index contributed by atoms with van der Waals surface area (Å²) >= 11 is 9.22. The largest absolute Gasteiger partial charge is 0.369 e. The van der Waals surface area contributed by atoms with E-state index >= 15 is 0 Å². The van der Waals surface area contributed by atoms with Gasteiger partial charge in [-0.15, -0.1) is 22.7 Å². The second-order valence-electron chi connectivity index (χ2n) is 4.60. The van der Waals surface area contributed by atoms with Crippen molar-refractivity contribution in [2.75, 3.05) is 17.6 Å². The molecule has 110 valence electrons. The summed E-state index contributed by atoms with van der Waals surface area (Å²) in [6.45, 7) is 2.93. The molecule has 0 saturated heterocycles. The van der Waals surface area contributed by atoms with Gasteiger partial charge in [0.05, 0.1) is 9.72 Å². The van der Waals surface area contributed by atoms with Crippen LogP contribution in [0.15, 0.2) is 18.2 Å². The number of nitrogens with zero attached hydrogens (tertiary/aromatic N) is 2. The van der Waals surface area contributed by atoms with Crippen molar-refractivity contribution >= 4 is 56.3 Å². The lowest BCUT2D eigenvalue weighted by atomic mass is 10.3. The minimum Gasteiger partial charge on any atom is -0.369 e. The normalized spacial score (nSPS) is 11.1. The first kappa shape index (κ1) is 14.6. The number of aromatic nitrogens is 2. The van der Waals surface area contributed by atoms with Crippen LogP contribution in [-0.2, 0) is 12.8 Å². The molecule has 3 aromatic heterocycles. The molecule has 3 aromatic rings. The molecule has 3 heterocycles. The minimum atomic E-state index is 0.314. The number of hydrogen-bond donors (Lipinski definition) is 2. The predicted molar refractivity (Wildman–Crippen MR) is 92.7 cm³/mol. The van der Waals surface area contributed by atoms with E-state index in [0.717, 1.165) is 39.8 Å². The summed E-state index contributed by atoms with van der Waals surface area (Å²) < 4.78 is 0.823. The molecule has 7 heteroatoms. The molecular weight excluding hydrogens is 324 g/mol. The zero-order valence-electron chi connectivity index (χ0n) is 11.5. The van der Waals surface area contributed by atoms with E-state index in [0.29, 0.717) is 5.95 Å². The predicted octanol–water partition coefficient (Wildman–Crippen LogP) is 4.21. The van der Waals surface area contributed by atoms with Crippen LogP contribution in [-0.4, -0.2) is 16.5 Å². The summed E-state index contributed by atoms with van der Waals surface area (Å²) in [6, 6.07) is 6.12. The summed E-state index contributed by atoms with van der Waals surface area (Å²) in [5, 5.41) is 4.41. The highest BCUT2D eigenvalue weighted by atomic mass is 35.5. The molecule has 0 unspecified atom stereocenters. The second-order valence-corrected chi connectivity index (χ2v) is 7.51. The molecule has 0 bridgehead atoms. The van der Waals surface area contributed by atoms with E-state index in [1.807, 2.05) is 6.07 Å². The first-order valence-corrected chi connectivity index (χ1v) is 8.71. The van der Waals surface area contributed by atoms with Gasteiger partial charge in [-0.2, -0.15) is 4.98 Å². The average Bonchev–Trinajstić information content (AvgIpc) is 3.04. The third-order valence-electron chi connectivity index (χ3n) is 3.10. The fraction of sp³-hybridized carbons (Fsp3) is 0.286. The lowest BCUT2D eigenvalue weighted by Crippen LogP contribution is -2.07. The molecule has 0 spiro atoms. The third kappa shape index (κ3) is 3.28. The molecule has 0 fully saturated rings. The third-order valence-corrected chi connectivity index (χ3v) is 5.57. The number of hydrogen-bond acceptors (Lipinski definition) is 6. The van der Waals surface area contributed by atoms with Crippen LogP contribution in [0.25, 0.3) is 10.2 Å². The first-order valence-electron chi connectivity index (χ1n) is 6.69. The highest BCUT2D eigenvalue weighted by molar-refractivity contribution is 7.18. The SMILES string of the molecule is CCc1cc2c(NCCc3ccc(Cl)s3)nc(N)nc2s1. The van der Waals surface area contributed by atoms with Crippen molar-refractivity contribution in [1.82, 2.24) is 9.97 Å². The molecule has 0 radical (unpaired) electrons. The smallest absolute Gasteiger partial charge is 0.223 e. The van der Waals surface area contributed by atoms with Gasteiger partial charge in [0.2, 0.25) is 5.95 Å². The highest BCUT2D eigenvalue weighted by Crippen LogP contribution is 2.30. The molecule has 3 N–H and O–H groups in total. The first-order chi connectivity index (χ1) is 10.2. The number of rotatable bonds is 5. The Labute approximate surface area is 136 Å². The van der Waals surface area contributed by atoms with Gasteiger partial charge in [0.25, 0.3) is 0 Å². The number of thiophene rings is 2. The Bertz CT molecular complexity index is 766. The molecule has 4 nitrogen and oxygen atoms in total. The maximum Gasteiger partial charge on any atom is 0.223 e.